The molecule has 104 valence electrons. The summed E-state index contributed by atoms with van der Waals surface area (Å²) in [5, 5.41) is 2.83. The van der Waals surface area contributed by atoms with Gasteiger partial charge in [-0.2, -0.15) is 0 Å². The number of hydrogen-bond acceptors (Lipinski definition) is 2. The second-order valence-corrected chi connectivity index (χ2v) is 4.95. The van der Waals surface area contributed by atoms with Gasteiger partial charge < -0.3 is 10.1 Å². The first-order valence-corrected chi connectivity index (χ1v) is 6.61. The monoisotopic (exact) mass is 269 g/mol. The summed E-state index contributed by atoms with van der Waals surface area (Å²) in [6.07, 6.45) is 0. The summed E-state index contributed by atoms with van der Waals surface area (Å²) >= 11 is 0. The highest BCUT2D eigenvalue weighted by Gasteiger charge is 2.04. The first kappa shape index (κ1) is 14.1. The lowest BCUT2D eigenvalue weighted by Gasteiger charge is -2.09. The maximum Gasteiger partial charge on any atom is 0.262 e. The van der Waals surface area contributed by atoms with Crippen molar-refractivity contribution in [1.29, 1.82) is 0 Å². The van der Waals surface area contributed by atoms with E-state index in [-0.39, 0.29) is 12.5 Å². The molecule has 3 nitrogen and oxygen atoms in total. The quantitative estimate of drug-likeness (QED) is 0.920. The van der Waals surface area contributed by atoms with Gasteiger partial charge in [0.15, 0.2) is 6.61 Å². The molecular formula is C17H19NO2. The lowest BCUT2D eigenvalue weighted by molar-refractivity contribution is -0.118. The van der Waals surface area contributed by atoms with Gasteiger partial charge in [0, 0.05) is 5.69 Å². The van der Waals surface area contributed by atoms with Crippen LogP contribution in [0.5, 0.6) is 5.75 Å². The molecule has 0 bridgehead atoms. The van der Waals surface area contributed by atoms with Gasteiger partial charge in [-0.25, -0.2) is 0 Å². The SMILES string of the molecule is Cc1ccc(OCC(=O)Nc2ccc(C)c(C)c2)cc1. The number of rotatable bonds is 4. The van der Waals surface area contributed by atoms with Crippen molar-refractivity contribution < 1.29 is 9.53 Å². The lowest BCUT2D eigenvalue weighted by atomic mass is 10.1. The molecule has 3 heteroatoms. The van der Waals surface area contributed by atoms with Crippen LogP contribution in [-0.2, 0) is 4.79 Å². The number of anilines is 1. The Morgan fingerprint density at radius 1 is 1.00 bits per heavy atom. The Bertz CT molecular complexity index is 603. The van der Waals surface area contributed by atoms with Crippen molar-refractivity contribution in [2.45, 2.75) is 20.8 Å². The van der Waals surface area contributed by atoms with E-state index in [4.69, 9.17) is 4.74 Å². The number of benzene rings is 2. The molecule has 0 fully saturated rings. The molecule has 0 atom stereocenters. The number of ether oxygens (including phenoxy) is 1. The molecule has 2 aromatic carbocycles. The van der Waals surface area contributed by atoms with Gasteiger partial charge in [0.25, 0.3) is 5.91 Å². The third-order valence-electron chi connectivity index (χ3n) is 3.18. The molecule has 0 radical (unpaired) electrons. The van der Waals surface area contributed by atoms with Gasteiger partial charge in [-0.05, 0) is 56.2 Å². The zero-order valence-corrected chi connectivity index (χ0v) is 12.1. The maximum absolute atomic E-state index is 11.8. The predicted octanol–water partition coefficient (Wildman–Crippen LogP) is 3.63. The van der Waals surface area contributed by atoms with E-state index in [1.165, 1.54) is 5.56 Å². The summed E-state index contributed by atoms with van der Waals surface area (Å²) in [4.78, 5) is 11.8. The largest absolute Gasteiger partial charge is 0.484 e. The van der Waals surface area contributed by atoms with Gasteiger partial charge in [-0.1, -0.05) is 23.8 Å². The Balaban J connectivity index is 1.89. The number of aryl methyl sites for hydroxylation is 3. The minimum absolute atomic E-state index is 0.00991. The van der Waals surface area contributed by atoms with E-state index in [2.05, 4.69) is 5.32 Å². The van der Waals surface area contributed by atoms with E-state index in [0.29, 0.717) is 5.75 Å². The average Bonchev–Trinajstić information content (AvgIpc) is 2.42. The van der Waals surface area contributed by atoms with Gasteiger partial charge in [0.05, 0.1) is 0 Å². The fourth-order valence-electron chi connectivity index (χ4n) is 1.80. The highest BCUT2D eigenvalue weighted by molar-refractivity contribution is 5.92. The minimum atomic E-state index is -0.158. The first-order chi connectivity index (χ1) is 9.54. The first-order valence-electron chi connectivity index (χ1n) is 6.61. The molecule has 1 N–H and O–H groups in total. The Morgan fingerprint density at radius 2 is 1.70 bits per heavy atom. The highest BCUT2D eigenvalue weighted by Crippen LogP contribution is 2.14. The normalized spacial score (nSPS) is 10.2. The fraction of sp³-hybridized carbons (Fsp3) is 0.235. The fourth-order valence-corrected chi connectivity index (χ4v) is 1.80. The summed E-state index contributed by atoms with van der Waals surface area (Å²) in [5.74, 6) is 0.541. The Labute approximate surface area is 119 Å². The summed E-state index contributed by atoms with van der Waals surface area (Å²) in [6.45, 7) is 6.08. The molecule has 0 spiro atoms. The molecule has 2 rings (SSSR count). The van der Waals surface area contributed by atoms with Crippen LogP contribution in [0.25, 0.3) is 0 Å². The summed E-state index contributed by atoms with van der Waals surface area (Å²) < 4.78 is 5.44. The van der Waals surface area contributed by atoms with Crippen LogP contribution in [-0.4, -0.2) is 12.5 Å². The second-order valence-electron chi connectivity index (χ2n) is 4.95. The summed E-state index contributed by atoms with van der Waals surface area (Å²) in [7, 11) is 0. The molecule has 0 saturated carbocycles. The molecule has 2 aromatic rings. The molecule has 0 aromatic heterocycles. The third-order valence-corrected chi connectivity index (χ3v) is 3.18. The van der Waals surface area contributed by atoms with Crippen LogP contribution < -0.4 is 10.1 Å². The second kappa shape index (κ2) is 6.24. The zero-order chi connectivity index (χ0) is 14.5. The van der Waals surface area contributed by atoms with Gasteiger partial charge >= 0.3 is 0 Å². The van der Waals surface area contributed by atoms with E-state index in [0.717, 1.165) is 16.8 Å². The molecule has 0 aliphatic carbocycles. The van der Waals surface area contributed by atoms with Crippen LogP contribution in [0.4, 0.5) is 5.69 Å². The van der Waals surface area contributed by atoms with Crippen molar-refractivity contribution in [2.24, 2.45) is 0 Å². The summed E-state index contributed by atoms with van der Waals surface area (Å²) in [6, 6.07) is 13.5. The van der Waals surface area contributed by atoms with Crippen LogP contribution in [0.2, 0.25) is 0 Å². The molecular weight excluding hydrogens is 250 g/mol. The molecule has 0 unspecified atom stereocenters. The van der Waals surface area contributed by atoms with Crippen LogP contribution in [0.3, 0.4) is 0 Å². The van der Waals surface area contributed by atoms with E-state index in [9.17, 15) is 4.79 Å². The number of hydrogen-bond donors (Lipinski definition) is 1. The number of carbonyl (C=O) groups excluding carboxylic acids is 1. The molecule has 1 amide bonds. The van der Waals surface area contributed by atoms with Crippen LogP contribution in [0, 0.1) is 20.8 Å². The minimum Gasteiger partial charge on any atom is -0.484 e. The maximum atomic E-state index is 11.8. The smallest absolute Gasteiger partial charge is 0.262 e. The van der Waals surface area contributed by atoms with Crippen molar-refractivity contribution in [2.75, 3.05) is 11.9 Å². The Kier molecular flexibility index (Phi) is 4.41. The van der Waals surface area contributed by atoms with E-state index in [1.807, 2.05) is 63.2 Å². The Hall–Kier alpha value is -2.29. The number of amides is 1. The summed E-state index contributed by atoms with van der Waals surface area (Å²) in [5.41, 5.74) is 4.32. The van der Waals surface area contributed by atoms with Crippen LogP contribution >= 0.6 is 0 Å². The molecule has 0 aliphatic heterocycles. The predicted molar refractivity (Wildman–Crippen MR) is 81.2 cm³/mol. The molecule has 0 heterocycles. The topological polar surface area (TPSA) is 38.3 Å². The van der Waals surface area contributed by atoms with Crippen LogP contribution in [0.1, 0.15) is 16.7 Å². The Morgan fingerprint density at radius 3 is 2.35 bits per heavy atom. The van der Waals surface area contributed by atoms with Crippen molar-refractivity contribution in [3.05, 3.63) is 59.2 Å². The molecule has 20 heavy (non-hydrogen) atoms. The standard InChI is InChI=1S/C17H19NO2/c1-12-4-8-16(9-5-12)20-11-17(19)18-15-7-6-13(2)14(3)10-15/h4-10H,11H2,1-3H3,(H,18,19). The zero-order valence-electron chi connectivity index (χ0n) is 12.1. The van der Waals surface area contributed by atoms with Crippen molar-refractivity contribution in [3.63, 3.8) is 0 Å². The number of carbonyl (C=O) groups is 1. The van der Waals surface area contributed by atoms with E-state index < -0.39 is 0 Å². The van der Waals surface area contributed by atoms with Gasteiger partial charge in [0.1, 0.15) is 5.75 Å². The molecule has 0 saturated heterocycles. The van der Waals surface area contributed by atoms with E-state index in [1.54, 1.807) is 0 Å². The lowest BCUT2D eigenvalue weighted by Crippen LogP contribution is -2.20. The number of nitrogens with one attached hydrogen (secondary N) is 1. The van der Waals surface area contributed by atoms with Gasteiger partial charge in [-0.3, -0.25) is 4.79 Å². The van der Waals surface area contributed by atoms with Crippen molar-refractivity contribution in [3.8, 4) is 5.75 Å². The van der Waals surface area contributed by atoms with E-state index >= 15 is 0 Å². The van der Waals surface area contributed by atoms with Crippen molar-refractivity contribution >= 4 is 11.6 Å². The van der Waals surface area contributed by atoms with Gasteiger partial charge in [-0.15, -0.1) is 0 Å². The average molecular weight is 269 g/mol. The van der Waals surface area contributed by atoms with Gasteiger partial charge in [0.2, 0.25) is 0 Å². The highest BCUT2D eigenvalue weighted by atomic mass is 16.5. The molecule has 0 aliphatic rings. The van der Waals surface area contributed by atoms with Crippen molar-refractivity contribution in [1.82, 2.24) is 0 Å². The van der Waals surface area contributed by atoms with Crippen LogP contribution in [0.15, 0.2) is 42.5 Å². The third kappa shape index (κ3) is 3.85.